The molecular formula is C40H48FN5O5. The number of carbonyl (C=O) groups excluding carboxylic acids is 3. The summed E-state index contributed by atoms with van der Waals surface area (Å²) in [6, 6.07) is 11.6. The number of piperazine rings is 1. The summed E-state index contributed by atoms with van der Waals surface area (Å²) < 4.78 is 20.9. The molecule has 2 saturated heterocycles. The van der Waals surface area contributed by atoms with Crippen molar-refractivity contribution in [3.63, 3.8) is 0 Å². The molecule has 1 saturated carbocycles. The molecule has 10 nitrogen and oxygen atoms in total. The number of hydrogen-bond donors (Lipinski definition) is 1. The topological polar surface area (TPSA) is 116 Å². The number of aromatic amines is 1. The molecule has 3 aromatic rings. The molecule has 0 bridgehead atoms. The number of carbonyl (C=O) groups is 3. The van der Waals surface area contributed by atoms with Crippen LogP contribution in [0.1, 0.15) is 74.0 Å². The standard InChI is InChI=1S/C40H48FN5O5/c1-25-8-6-14-40(2)23-35-29(22-32(25)40)31(39(50)51-35)24-44(3)15-7-11-36(47)45-16-18-46(19-17-45)38(49)30-20-26(12-13-33(30)41)21-34-27-9-4-5-10-28(27)37(48)43-42-34/h4-5,9-10,12-13,20,22,25,29,31,35H,6-8,11,14-19,21,23-24H2,1-3H3,(H,43,48)/t25-,29?,31?,35?,40+/m0/s1. The average Bonchev–Trinajstić information content (AvgIpc) is 3.41. The first-order chi connectivity index (χ1) is 24.5. The lowest BCUT2D eigenvalue weighted by Gasteiger charge is -2.46. The second-order valence-electron chi connectivity index (χ2n) is 15.4. The van der Waals surface area contributed by atoms with Gasteiger partial charge in [0.05, 0.1) is 22.6 Å². The summed E-state index contributed by atoms with van der Waals surface area (Å²) in [7, 11) is 2.01. The molecule has 4 aliphatic rings. The number of H-pyrrole nitrogens is 1. The van der Waals surface area contributed by atoms with E-state index in [0.29, 0.717) is 86.5 Å². The molecule has 0 spiro atoms. The number of fused-ring (bicyclic) bond motifs is 3. The molecule has 2 amide bonds. The molecule has 1 aromatic heterocycles. The van der Waals surface area contributed by atoms with Crippen LogP contribution in [-0.4, -0.2) is 95.1 Å². The summed E-state index contributed by atoms with van der Waals surface area (Å²) in [5.74, 6) is -0.589. The molecule has 0 radical (unpaired) electrons. The molecule has 3 fully saturated rings. The Morgan fingerprint density at radius 2 is 1.82 bits per heavy atom. The fraction of sp³-hybridized carbons (Fsp3) is 0.525. The minimum Gasteiger partial charge on any atom is -0.461 e. The van der Waals surface area contributed by atoms with E-state index >= 15 is 0 Å². The molecule has 7 rings (SSSR count). The maximum absolute atomic E-state index is 14.9. The summed E-state index contributed by atoms with van der Waals surface area (Å²) >= 11 is 0. The molecule has 51 heavy (non-hydrogen) atoms. The molecule has 11 heteroatoms. The number of hydrogen-bond acceptors (Lipinski definition) is 7. The van der Waals surface area contributed by atoms with Gasteiger partial charge in [0.15, 0.2) is 0 Å². The fourth-order valence-corrected chi connectivity index (χ4v) is 9.02. The second kappa shape index (κ2) is 14.3. The zero-order valence-corrected chi connectivity index (χ0v) is 29.8. The monoisotopic (exact) mass is 697 g/mol. The number of benzene rings is 2. The summed E-state index contributed by atoms with van der Waals surface area (Å²) in [6.45, 7) is 7.36. The van der Waals surface area contributed by atoms with Crippen molar-refractivity contribution < 1.29 is 23.5 Å². The van der Waals surface area contributed by atoms with Crippen molar-refractivity contribution in [1.82, 2.24) is 24.9 Å². The third-order valence-electron chi connectivity index (χ3n) is 11.8. The van der Waals surface area contributed by atoms with Crippen molar-refractivity contribution in [2.24, 2.45) is 23.2 Å². The molecule has 3 heterocycles. The molecule has 1 N–H and O–H groups in total. The van der Waals surface area contributed by atoms with Gasteiger partial charge in [-0.1, -0.05) is 56.2 Å². The number of halogens is 1. The van der Waals surface area contributed by atoms with E-state index in [9.17, 15) is 23.6 Å². The SMILES string of the molecule is C[C@H]1CCC[C@]2(C)CC3OC(=O)C(CN(C)CCCC(=O)N4CCN(C(=O)c5cc(Cc6n[nH]c(=O)c7ccccc67)ccc5F)CC4)C3C=C12. The number of nitrogens with zero attached hydrogens (tertiary/aromatic N) is 4. The summed E-state index contributed by atoms with van der Waals surface area (Å²) in [4.78, 5) is 57.3. The maximum Gasteiger partial charge on any atom is 0.311 e. The van der Waals surface area contributed by atoms with Gasteiger partial charge in [0.25, 0.3) is 11.5 Å². The van der Waals surface area contributed by atoms with Crippen LogP contribution in [-0.2, 0) is 20.7 Å². The Morgan fingerprint density at radius 3 is 2.61 bits per heavy atom. The average molecular weight is 698 g/mol. The number of allylic oxidation sites excluding steroid dienone is 1. The van der Waals surface area contributed by atoms with Crippen molar-refractivity contribution in [2.75, 3.05) is 46.3 Å². The van der Waals surface area contributed by atoms with E-state index in [1.165, 1.54) is 24.5 Å². The first-order valence-electron chi connectivity index (χ1n) is 18.4. The van der Waals surface area contributed by atoms with E-state index in [4.69, 9.17) is 4.74 Å². The Morgan fingerprint density at radius 1 is 1.08 bits per heavy atom. The second-order valence-corrected chi connectivity index (χ2v) is 15.4. The van der Waals surface area contributed by atoms with Gasteiger partial charge in [-0.15, -0.1) is 0 Å². The van der Waals surface area contributed by atoms with Gasteiger partial charge in [-0.05, 0) is 74.4 Å². The highest BCUT2D eigenvalue weighted by atomic mass is 19.1. The number of esters is 1. The number of ether oxygens (including phenoxy) is 1. The lowest BCUT2D eigenvalue weighted by atomic mass is 9.59. The van der Waals surface area contributed by atoms with Crippen molar-refractivity contribution in [3.8, 4) is 0 Å². The number of aromatic nitrogens is 2. The molecule has 2 aromatic carbocycles. The Balaban J connectivity index is 0.889. The first-order valence-corrected chi connectivity index (χ1v) is 18.4. The van der Waals surface area contributed by atoms with Gasteiger partial charge in [0.1, 0.15) is 11.9 Å². The highest BCUT2D eigenvalue weighted by molar-refractivity contribution is 5.95. The number of rotatable bonds is 9. The highest BCUT2D eigenvalue weighted by Crippen LogP contribution is 2.54. The zero-order chi connectivity index (χ0) is 35.9. The lowest BCUT2D eigenvalue weighted by molar-refractivity contribution is -0.145. The van der Waals surface area contributed by atoms with Crippen LogP contribution in [0.15, 0.2) is 58.9 Å². The molecule has 2 aliphatic carbocycles. The molecule has 270 valence electrons. The van der Waals surface area contributed by atoms with Crippen LogP contribution < -0.4 is 5.56 Å². The highest BCUT2D eigenvalue weighted by Gasteiger charge is 2.51. The van der Waals surface area contributed by atoms with Crippen LogP contribution in [0.4, 0.5) is 4.39 Å². The summed E-state index contributed by atoms with van der Waals surface area (Å²) in [5, 5.41) is 7.97. The number of amides is 2. The molecule has 5 atom stereocenters. The third-order valence-corrected chi connectivity index (χ3v) is 11.8. The summed E-state index contributed by atoms with van der Waals surface area (Å²) in [6.07, 6.45) is 8.22. The van der Waals surface area contributed by atoms with E-state index in [1.807, 2.05) is 19.2 Å². The van der Waals surface area contributed by atoms with Crippen molar-refractivity contribution in [3.05, 3.63) is 87.1 Å². The van der Waals surface area contributed by atoms with Gasteiger partial charge in [-0.3, -0.25) is 19.2 Å². The van der Waals surface area contributed by atoms with Crippen molar-refractivity contribution >= 4 is 28.6 Å². The quantitative estimate of drug-likeness (QED) is 0.248. The fourth-order valence-electron chi connectivity index (χ4n) is 9.02. The third kappa shape index (κ3) is 7.09. The first kappa shape index (κ1) is 35.0. The van der Waals surface area contributed by atoms with Crippen LogP contribution in [0.3, 0.4) is 0 Å². The predicted octanol–water partition coefficient (Wildman–Crippen LogP) is 4.96. The minimum atomic E-state index is -0.603. The van der Waals surface area contributed by atoms with Gasteiger partial charge in [0.2, 0.25) is 5.91 Å². The van der Waals surface area contributed by atoms with Crippen LogP contribution in [0, 0.1) is 29.0 Å². The van der Waals surface area contributed by atoms with E-state index in [1.54, 1.807) is 34.1 Å². The van der Waals surface area contributed by atoms with Crippen LogP contribution in [0.25, 0.3) is 10.8 Å². The van der Waals surface area contributed by atoms with E-state index in [2.05, 4.69) is 35.0 Å². The Bertz CT molecular complexity index is 1920. The molecule has 3 unspecified atom stereocenters. The van der Waals surface area contributed by atoms with Crippen molar-refractivity contribution in [1.29, 1.82) is 0 Å². The largest absolute Gasteiger partial charge is 0.461 e. The zero-order valence-electron chi connectivity index (χ0n) is 29.8. The predicted molar refractivity (Wildman–Crippen MR) is 191 cm³/mol. The Hall–Kier alpha value is -4.38. The Kier molecular flexibility index (Phi) is 9.84. The van der Waals surface area contributed by atoms with E-state index in [0.717, 1.165) is 12.8 Å². The van der Waals surface area contributed by atoms with E-state index < -0.39 is 11.7 Å². The normalized spacial score (nSPS) is 26.1. The van der Waals surface area contributed by atoms with Crippen LogP contribution >= 0.6 is 0 Å². The Labute approximate surface area is 298 Å². The van der Waals surface area contributed by atoms with Crippen LogP contribution in [0.2, 0.25) is 0 Å². The smallest absolute Gasteiger partial charge is 0.311 e. The van der Waals surface area contributed by atoms with Gasteiger partial charge < -0.3 is 19.4 Å². The number of nitrogens with one attached hydrogen (secondary N) is 1. The summed E-state index contributed by atoms with van der Waals surface area (Å²) in [5.41, 5.74) is 2.69. The van der Waals surface area contributed by atoms with Gasteiger partial charge in [0, 0.05) is 56.9 Å². The van der Waals surface area contributed by atoms with Crippen molar-refractivity contribution in [2.45, 2.75) is 64.9 Å². The maximum atomic E-state index is 14.9. The van der Waals surface area contributed by atoms with E-state index in [-0.39, 0.29) is 46.4 Å². The van der Waals surface area contributed by atoms with Gasteiger partial charge in [-0.25, -0.2) is 9.49 Å². The molecular weight excluding hydrogens is 649 g/mol. The van der Waals surface area contributed by atoms with Gasteiger partial charge in [-0.2, -0.15) is 5.10 Å². The van der Waals surface area contributed by atoms with Crippen LogP contribution in [0.5, 0.6) is 0 Å². The molecule has 2 aliphatic heterocycles. The lowest BCUT2D eigenvalue weighted by Crippen LogP contribution is -2.50. The minimum absolute atomic E-state index is 0.0202. The van der Waals surface area contributed by atoms with Gasteiger partial charge >= 0.3 is 5.97 Å².